The summed E-state index contributed by atoms with van der Waals surface area (Å²) >= 11 is 5.98. The molecule has 1 N–H and O–H groups in total. The number of nitrogens with one attached hydrogen (secondary N) is 1. The molecule has 3 aromatic rings. The quantitative estimate of drug-likeness (QED) is 0.784. The molecule has 0 fully saturated rings. The van der Waals surface area contributed by atoms with Gasteiger partial charge in [0.05, 0.1) is 11.9 Å². The van der Waals surface area contributed by atoms with E-state index in [1.54, 1.807) is 23.0 Å². The van der Waals surface area contributed by atoms with Crippen molar-refractivity contribution in [2.75, 3.05) is 0 Å². The van der Waals surface area contributed by atoms with Crippen molar-refractivity contribution in [1.82, 2.24) is 15.1 Å². The molecule has 126 valence electrons. The second-order valence-corrected chi connectivity index (χ2v) is 6.35. The van der Waals surface area contributed by atoms with Gasteiger partial charge < -0.3 is 10.1 Å². The normalized spacial score (nSPS) is 15.5. The minimum absolute atomic E-state index is 0.139. The topological polar surface area (TPSA) is 56.2 Å². The number of benzene rings is 2. The van der Waals surface area contributed by atoms with Gasteiger partial charge in [0.25, 0.3) is 5.91 Å². The lowest BCUT2D eigenvalue weighted by Crippen LogP contribution is -2.36. The Kier molecular flexibility index (Phi) is 4.15. The minimum Gasteiger partial charge on any atom is -0.480 e. The van der Waals surface area contributed by atoms with Gasteiger partial charge in [-0.25, -0.2) is 4.68 Å². The highest BCUT2D eigenvalue weighted by Crippen LogP contribution is 2.31. The van der Waals surface area contributed by atoms with E-state index in [2.05, 4.69) is 10.4 Å². The van der Waals surface area contributed by atoms with Crippen molar-refractivity contribution in [3.8, 4) is 11.4 Å². The first-order valence-electron chi connectivity index (χ1n) is 8.01. The number of hydrogen-bond donors (Lipinski definition) is 1. The Morgan fingerprint density at radius 3 is 2.96 bits per heavy atom. The molecular formula is C19H16ClN3O2. The number of amides is 1. The number of para-hydroxylation sites is 1. The van der Waals surface area contributed by atoms with Crippen LogP contribution in [-0.2, 0) is 17.8 Å². The van der Waals surface area contributed by atoms with E-state index in [0.717, 1.165) is 22.6 Å². The molecule has 0 radical (unpaired) electrons. The molecule has 2 heterocycles. The van der Waals surface area contributed by atoms with Gasteiger partial charge in [-0.1, -0.05) is 29.8 Å². The number of carbonyl (C=O) groups excluding carboxylic acids is 1. The van der Waals surface area contributed by atoms with Crippen molar-refractivity contribution in [3.05, 3.63) is 77.1 Å². The van der Waals surface area contributed by atoms with Crippen LogP contribution in [0.15, 0.2) is 60.9 Å². The molecule has 1 aliphatic rings. The van der Waals surface area contributed by atoms with Crippen LogP contribution in [0, 0.1) is 0 Å². The molecular weight excluding hydrogens is 338 g/mol. The highest BCUT2D eigenvalue weighted by atomic mass is 35.5. The molecule has 1 amide bonds. The maximum absolute atomic E-state index is 12.4. The molecule has 1 atom stereocenters. The molecule has 4 rings (SSSR count). The number of aromatic nitrogens is 2. The fourth-order valence-corrected chi connectivity index (χ4v) is 3.03. The van der Waals surface area contributed by atoms with Gasteiger partial charge in [-0.3, -0.25) is 4.79 Å². The van der Waals surface area contributed by atoms with Crippen LogP contribution in [-0.4, -0.2) is 21.8 Å². The Morgan fingerprint density at radius 2 is 2.12 bits per heavy atom. The first-order valence-corrected chi connectivity index (χ1v) is 8.38. The van der Waals surface area contributed by atoms with Crippen LogP contribution in [0.3, 0.4) is 0 Å². The molecule has 0 bridgehead atoms. The molecule has 1 aliphatic heterocycles. The van der Waals surface area contributed by atoms with Crippen molar-refractivity contribution in [3.63, 3.8) is 0 Å². The van der Waals surface area contributed by atoms with Crippen LogP contribution < -0.4 is 10.1 Å². The molecule has 0 spiro atoms. The number of rotatable bonds is 4. The number of hydrogen-bond acceptors (Lipinski definition) is 3. The predicted octanol–water partition coefficient (Wildman–Crippen LogP) is 3.15. The maximum Gasteiger partial charge on any atom is 0.261 e. The highest BCUT2D eigenvalue weighted by molar-refractivity contribution is 6.30. The fourth-order valence-electron chi connectivity index (χ4n) is 2.84. The molecule has 2 aromatic carbocycles. The zero-order valence-corrected chi connectivity index (χ0v) is 14.1. The lowest BCUT2D eigenvalue weighted by Gasteiger charge is -2.10. The van der Waals surface area contributed by atoms with E-state index in [1.165, 1.54) is 0 Å². The van der Waals surface area contributed by atoms with Gasteiger partial charge in [-0.15, -0.1) is 0 Å². The molecule has 5 nitrogen and oxygen atoms in total. The number of nitrogens with zero attached hydrogens (tertiary/aromatic N) is 2. The maximum atomic E-state index is 12.4. The Morgan fingerprint density at radius 1 is 1.28 bits per heavy atom. The summed E-state index contributed by atoms with van der Waals surface area (Å²) in [5.41, 5.74) is 2.87. The Bertz CT molecular complexity index is 908. The summed E-state index contributed by atoms with van der Waals surface area (Å²) < 4.78 is 7.48. The van der Waals surface area contributed by atoms with Crippen molar-refractivity contribution in [2.45, 2.75) is 19.1 Å². The highest BCUT2D eigenvalue weighted by Gasteiger charge is 2.29. The number of carbonyl (C=O) groups is 1. The van der Waals surface area contributed by atoms with Gasteiger partial charge >= 0.3 is 0 Å². The summed E-state index contributed by atoms with van der Waals surface area (Å²) in [6.45, 7) is 0.405. The van der Waals surface area contributed by atoms with Gasteiger partial charge in [0.1, 0.15) is 5.75 Å². The SMILES string of the molecule is O=C(NCc1cnn(-c2ccccc2)c1)C1Cc2cc(Cl)ccc2O1. The molecule has 0 saturated heterocycles. The molecule has 0 aliphatic carbocycles. The largest absolute Gasteiger partial charge is 0.480 e. The van der Waals surface area contributed by atoms with Gasteiger partial charge in [-0.05, 0) is 35.9 Å². The van der Waals surface area contributed by atoms with Crippen LogP contribution in [0.1, 0.15) is 11.1 Å². The zero-order valence-electron chi connectivity index (χ0n) is 13.4. The fraction of sp³-hybridized carbons (Fsp3) is 0.158. The third-order valence-electron chi connectivity index (χ3n) is 4.11. The van der Waals surface area contributed by atoms with Crippen LogP contribution in [0.2, 0.25) is 5.02 Å². The molecule has 25 heavy (non-hydrogen) atoms. The Labute approximate surface area is 150 Å². The van der Waals surface area contributed by atoms with Gasteiger partial charge in [0.15, 0.2) is 6.10 Å². The monoisotopic (exact) mass is 353 g/mol. The zero-order chi connectivity index (χ0) is 17.2. The average Bonchev–Trinajstić information content (AvgIpc) is 3.27. The van der Waals surface area contributed by atoms with Crippen LogP contribution in [0.5, 0.6) is 5.75 Å². The second kappa shape index (κ2) is 6.61. The predicted molar refractivity (Wildman–Crippen MR) is 95.0 cm³/mol. The van der Waals surface area contributed by atoms with Gasteiger partial charge in [0, 0.05) is 29.7 Å². The summed E-state index contributed by atoms with van der Waals surface area (Å²) in [5, 5.41) is 7.88. The van der Waals surface area contributed by atoms with Gasteiger partial charge in [-0.2, -0.15) is 5.10 Å². The van der Waals surface area contributed by atoms with Gasteiger partial charge in [0.2, 0.25) is 0 Å². The third-order valence-corrected chi connectivity index (χ3v) is 4.35. The van der Waals surface area contributed by atoms with E-state index < -0.39 is 6.10 Å². The third kappa shape index (κ3) is 3.37. The second-order valence-electron chi connectivity index (χ2n) is 5.91. The molecule has 6 heteroatoms. The average molecular weight is 354 g/mol. The summed E-state index contributed by atoms with van der Waals surface area (Å²) in [6.07, 6.45) is 3.67. The van der Waals surface area contributed by atoms with E-state index in [-0.39, 0.29) is 5.91 Å². The van der Waals surface area contributed by atoms with E-state index in [9.17, 15) is 4.79 Å². The minimum atomic E-state index is -0.516. The first-order chi connectivity index (χ1) is 12.2. The summed E-state index contributed by atoms with van der Waals surface area (Å²) in [6, 6.07) is 15.2. The van der Waals surface area contributed by atoms with E-state index in [0.29, 0.717) is 18.0 Å². The van der Waals surface area contributed by atoms with Crippen molar-refractivity contribution < 1.29 is 9.53 Å². The van der Waals surface area contributed by atoms with E-state index in [1.807, 2.05) is 42.6 Å². The van der Waals surface area contributed by atoms with E-state index >= 15 is 0 Å². The summed E-state index contributed by atoms with van der Waals surface area (Å²) in [5.74, 6) is 0.584. The Hall–Kier alpha value is -2.79. The summed E-state index contributed by atoms with van der Waals surface area (Å²) in [4.78, 5) is 12.4. The van der Waals surface area contributed by atoms with Crippen LogP contribution in [0.4, 0.5) is 0 Å². The van der Waals surface area contributed by atoms with Crippen LogP contribution >= 0.6 is 11.6 Å². The summed E-state index contributed by atoms with van der Waals surface area (Å²) in [7, 11) is 0. The standard InChI is InChI=1S/C19H16ClN3O2/c20-15-6-7-17-14(8-15)9-18(25-17)19(24)21-10-13-11-22-23(12-13)16-4-2-1-3-5-16/h1-8,11-12,18H,9-10H2,(H,21,24). The molecule has 1 unspecified atom stereocenters. The number of ether oxygens (including phenoxy) is 1. The molecule has 1 aromatic heterocycles. The first kappa shape index (κ1) is 15.7. The van der Waals surface area contributed by atoms with Crippen molar-refractivity contribution >= 4 is 17.5 Å². The van der Waals surface area contributed by atoms with Crippen molar-refractivity contribution in [1.29, 1.82) is 0 Å². The lowest BCUT2D eigenvalue weighted by molar-refractivity contribution is -0.127. The molecule has 0 saturated carbocycles. The van der Waals surface area contributed by atoms with Crippen LogP contribution in [0.25, 0.3) is 5.69 Å². The Balaban J connectivity index is 1.36. The lowest BCUT2D eigenvalue weighted by atomic mass is 10.1. The number of halogens is 1. The number of fused-ring (bicyclic) bond motifs is 1. The smallest absolute Gasteiger partial charge is 0.261 e. The van der Waals surface area contributed by atoms with E-state index in [4.69, 9.17) is 16.3 Å². The van der Waals surface area contributed by atoms with Crippen molar-refractivity contribution in [2.24, 2.45) is 0 Å².